The Balaban J connectivity index is 1.19. The van der Waals surface area contributed by atoms with E-state index in [1.165, 1.54) is 120 Å². The van der Waals surface area contributed by atoms with Crippen molar-refractivity contribution < 1.29 is 0 Å². The van der Waals surface area contributed by atoms with E-state index in [9.17, 15) is 0 Å². The Morgan fingerprint density at radius 1 is 0.204 bits per heavy atom. The lowest BCUT2D eigenvalue weighted by molar-refractivity contribution is 1.60. The number of hydrogen-bond donors (Lipinski definition) is 0. The fourth-order valence-electron chi connectivity index (χ4n) is 9.62. The largest absolute Gasteiger partial charge is 0.0622 e. The van der Waals surface area contributed by atoms with Gasteiger partial charge in [0.1, 0.15) is 0 Å². The van der Waals surface area contributed by atoms with Gasteiger partial charge in [0.25, 0.3) is 0 Å². The number of rotatable bonds is 4. The van der Waals surface area contributed by atoms with Gasteiger partial charge in [0.15, 0.2) is 0 Å². The van der Waals surface area contributed by atoms with Crippen LogP contribution < -0.4 is 0 Å². The van der Waals surface area contributed by atoms with Gasteiger partial charge in [-0.25, -0.2) is 0 Å². The molecule has 0 spiro atoms. The first kappa shape index (κ1) is 29.5. The molecule has 12 aromatic carbocycles. The topological polar surface area (TPSA) is 0 Å². The molecule has 0 aliphatic heterocycles. The quantitative estimate of drug-likeness (QED) is 0.162. The average Bonchev–Trinajstić information content (AvgIpc) is 3.24. The fourth-order valence-corrected chi connectivity index (χ4v) is 9.62. The van der Waals surface area contributed by atoms with Crippen molar-refractivity contribution >= 4 is 75.4 Å². The SMILES string of the molecule is c1ccc(-c2c(-c3ccc4ccc5cccc6ccc3c4c56)cc(-c3ccccc3-c3ccc4ccc5cccc6ccc3c4c56)c3ccccc23)cc1. The molecule has 248 valence electrons. The van der Waals surface area contributed by atoms with E-state index in [0.717, 1.165) is 0 Å². The summed E-state index contributed by atoms with van der Waals surface area (Å²) in [6.45, 7) is 0. The summed E-state index contributed by atoms with van der Waals surface area (Å²) in [5.74, 6) is 0. The normalized spacial score (nSPS) is 12.1. The Bertz CT molecular complexity index is 3390. The van der Waals surface area contributed by atoms with Gasteiger partial charge in [0, 0.05) is 0 Å². The van der Waals surface area contributed by atoms with Crippen LogP contribution in [0.2, 0.25) is 0 Å². The minimum absolute atomic E-state index is 1.22. The van der Waals surface area contributed by atoms with Crippen molar-refractivity contribution in [3.8, 4) is 44.5 Å². The molecule has 0 nitrogen and oxygen atoms in total. The molecule has 0 bridgehead atoms. The zero-order valence-electron chi connectivity index (χ0n) is 29.5. The van der Waals surface area contributed by atoms with Crippen LogP contribution in [0.5, 0.6) is 0 Å². The van der Waals surface area contributed by atoms with E-state index >= 15 is 0 Å². The lowest BCUT2D eigenvalue weighted by Crippen LogP contribution is -1.95. The standard InChI is InChI=1S/C54H32/c1-2-10-33(11-3-1)52-45-19-7-6-18-42(45)48(32-49(52)44-29-25-39-23-21-35-13-9-15-37-27-31-47(44)54(39)51(35)37)41-17-5-4-16-40(41)43-28-24-38-22-20-34-12-8-14-36-26-30-46(43)53(38)50(34)36/h1-32H. The van der Waals surface area contributed by atoms with Crippen LogP contribution in [0.25, 0.3) is 120 Å². The summed E-state index contributed by atoms with van der Waals surface area (Å²) in [4.78, 5) is 0. The molecule has 0 saturated carbocycles. The minimum atomic E-state index is 1.22. The van der Waals surface area contributed by atoms with Gasteiger partial charge in [-0.05, 0) is 126 Å². The van der Waals surface area contributed by atoms with Crippen LogP contribution in [0.4, 0.5) is 0 Å². The second-order valence-corrected chi connectivity index (χ2v) is 14.7. The Morgan fingerprint density at radius 2 is 0.630 bits per heavy atom. The molecule has 0 N–H and O–H groups in total. The predicted molar refractivity (Wildman–Crippen MR) is 233 cm³/mol. The summed E-state index contributed by atoms with van der Waals surface area (Å²) in [6.07, 6.45) is 0. The van der Waals surface area contributed by atoms with Gasteiger partial charge in [0.2, 0.25) is 0 Å². The minimum Gasteiger partial charge on any atom is -0.0622 e. The third-order valence-electron chi connectivity index (χ3n) is 12.0. The summed E-state index contributed by atoms with van der Waals surface area (Å²) in [7, 11) is 0. The first-order chi connectivity index (χ1) is 26.8. The number of fused-ring (bicyclic) bond motifs is 1. The number of benzene rings is 12. The lowest BCUT2D eigenvalue weighted by Gasteiger charge is -2.22. The van der Waals surface area contributed by atoms with E-state index in [1.807, 2.05) is 0 Å². The van der Waals surface area contributed by atoms with Crippen LogP contribution in [0.15, 0.2) is 194 Å². The number of hydrogen-bond acceptors (Lipinski definition) is 0. The van der Waals surface area contributed by atoms with Gasteiger partial charge in [-0.15, -0.1) is 0 Å². The van der Waals surface area contributed by atoms with Crippen molar-refractivity contribution in [2.75, 3.05) is 0 Å². The highest BCUT2D eigenvalue weighted by Crippen LogP contribution is 2.49. The van der Waals surface area contributed by atoms with Gasteiger partial charge in [-0.2, -0.15) is 0 Å². The maximum absolute atomic E-state index is 2.49. The third kappa shape index (κ3) is 4.14. The van der Waals surface area contributed by atoms with Crippen molar-refractivity contribution in [1.29, 1.82) is 0 Å². The monoisotopic (exact) mass is 680 g/mol. The van der Waals surface area contributed by atoms with Crippen molar-refractivity contribution in [2.45, 2.75) is 0 Å². The highest BCUT2D eigenvalue weighted by atomic mass is 14.2. The summed E-state index contributed by atoms with van der Waals surface area (Å²) in [6, 6.07) is 72.5. The molecule has 54 heavy (non-hydrogen) atoms. The highest BCUT2D eigenvalue weighted by molar-refractivity contribution is 6.28. The Hall–Kier alpha value is -7.02. The van der Waals surface area contributed by atoms with Crippen LogP contribution in [-0.4, -0.2) is 0 Å². The summed E-state index contributed by atoms with van der Waals surface area (Å²) in [5.41, 5.74) is 9.98. The molecule has 0 heteroatoms. The smallest absolute Gasteiger partial charge is 0.00206 e. The zero-order chi connectivity index (χ0) is 35.3. The van der Waals surface area contributed by atoms with E-state index in [-0.39, 0.29) is 0 Å². The maximum atomic E-state index is 2.49. The van der Waals surface area contributed by atoms with Crippen molar-refractivity contribution in [2.24, 2.45) is 0 Å². The molecular formula is C54H32. The molecule has 0 heterocycles. The second kappa shape index (κ2) is 11.2. The van der Waals surface area contributed by atoms with Crippen molar-refractivity contribution in [3.63, 3.8) is 0 Å². The average molecular weight is 681 g/mol. The second-order valence-electron chi connectivity index (χ2n) is 14.7. The zero-order valence-corrected chi connectivity index (χ0v) is 29.5. The lowest BCUT2D eigenvalue weighted by atomic mass is 9.81. The van der Waals surface area contributed by atoms with Crippen LogP contribution >= 0.6 is 0 Å². The van der Waals surface area contributed by atoms with Crippen LogP contribution in [-0.2, 0) is 0 Å². The van der Waals surface area contributed by atoms with E-state index in [0.29, 0.717) is 0 Å². The van der Waals surface area contributed by atoms with Crippen molar-refractivity contribution in [1.82, 2.24) is 0 Å². The Morgan fingerprint density at radius 3 is 1.20 bits per heavy atom. The van der Waals surface area contributed by atoms with Crippen molar-refractivity contribution in [3.05, 3.63) is 194 Å². The first-order valence-electron chi connectivity index (χ1n) is 18.8. The summed E-state index contributed by atoms with van der Waals surface area (Å²) < 4.78 is 0. The van der Waals surface area contributed by atoms with Crippen LogP contribution in [0, 0.1) is 0 Å². The van der Waals surface area contributed by atoms with Gasteiger partial charge >= 0.3 is 0 Å². The molecule has 12 rings (SSSR count). The highest BCUT2D eigenvalue weighted by Gasteiger charge is 2.22. The summed E-state index contributed by atoms with van der Waals surface area (Å²) in [5, 5.41) is 18.2. The van der Waals surface area contributed by atoms with Crippen LogP contribution in [0.3, 0.4) is 0 Å². The van der Waals surface area contributed by atoms with Gasteiger partial charge in [-0.3, -0.25) is 0 Å². The molecule has 0 aliphatic rings. The Kier molecular flexibility index (Phi) is 6.15. The van der Waals surface area contributed by atoms with E-state index < -0.39 is 0 Å². The Labute approximate surface area is 312 Å². The molecule has 0 aromatic heterocycles. The van der Waals surface area contributed by atoms with Gasteiger partial charge in [0.05, 0.1) is 0 Å². The summed E-state index contributed by atoms with van der Waals surface area (Å²) >= 11 is 0. The first-order valence-corrected chi connectivity index (χ1v) is 18.8. The molecule has 0 atom stereocenters. The van der Waals surface area contributed by atoms with Gasteiger partial charge in [-0.1, -0.05) is 188 Å². The van der Waals surface area contributed by atoms with E-state index in [2.05, 4.69) is 194 Å². The molecule has 0 aliphatic carbocycles. The maximum Gasteiger partial charge on any atom is -0.00206 e. The van der Waals surface area contributed by atoms with E-state index in [4.69, 9.17) is 0 Å². The van der Waals surface area contributed by atoms with Crippen LogP contribution in [0.1, 0.15) is 0 Å². The third-order valence-corrected chi connectivity index (χ3v) is 12.0. The molecule has 12 aromatic rings. The molecular weight excluding hydrogens is 649 g/mol. The molecule has 0 unspecified atom stereocenters. The molecule has 0 saturated heterocycles. The molecule has 0 radical (unpaired) electrons. The van der Waals surface area contributed by atoms with E-state index in [1.54, 1.807) is 0 Å². The van der Waals surface area contributed by atoms with Gasteiger partial charge < -0.3 is 0 Å². The predicted octanol–water partition coefficient (Wildman–Crippen LogP) is 15.3. The fraction of sp³-hybridized carbons (Fsp3) is 0. The molecule has 0 fully saturated rings. The molecule has 0 amide bonds.